The van der Waals surface area contributed by atoms with E-state index in [1.807, 2.05) is 18.2 Å². The Hall–Kier alpha value is -3.29. The molecule has 1 N–H and O–H groups in total. The Balaban J connectivity index is 2.11. The Morgan fingerprint density at radius 3 is 2.31 bits per heavy atom. The molecule has 0 radical (unpaired) electrons. The molecule has 0 aromatic heterocycles. The topological polar surface area (TPSA) is 95.2 Å². The minimum Gasteiger partial charge on any atom is -0.493 e. The Morgan fingerprint density at radius 1 is 1.04 bits per heavy atom. The van der Waals surface area contributed by atoms with E-state index < -0.39 is 4.92 Å². The summed E-state index contributed by atoms with van der Waals surface area (Å²) in [5.41, 5.74) is 5.07. The largest absolute Gasteiger partial charge is 0.493 e. The number of nitro benzene ring substituents is 1. The van der Waals surface area contributed by atoms with Crippen LogP contribution in [0.3, 0.4) is 0 Å². The molecule has 0 aliphatic rings. The van der Waals surface area contributed by atoms with Crippen molar-refractivity contribution in [3.05, 3.63) is 57.6 Å². The van der Waals surface area contributed by atoms with Gasteiger partial charge in [-0.25, -0.2) is 0 Å². The molecular weight excluding hydrogens is 338 g/mol. The highest BCUT2D eigenvalue weighted by molar-refractivity contribution is 5.99. The first-order valence-corrected chi connectivity index (χ1v) is 7.81. The molecule has 2 aromatic carbocycles. The van der Waals surface area contributed by atoms with Gasteiger partial charge in [-0.2, -0.15) is 5.10 Å². The number of nitro groups is 1. The number of rotatable bonds is 8. The molecule has 138 valence electrons. The lowest BCUT2D eigenvalue weighted by atomic mass is 10.1. The van der Waals surface area contributed by atoms with Crippen LogP contribution >= 0.6 is 0 Å². The molecule has 0 spiro atoms. The second-order valence-corrected chi connectivity index (χ2v) is 5.37. The van der Waals surface area contributed by atoms with E-state index >= 15 is 0 Å². The molecule has 2 rings (SSSR count). The molecule has 8 nitrogen and oxygen atoms in total. The second kappa shape index (κ2) is 8.70. The summed E-state index contributed by atoms with van der Waals surface area (Å²) in [4.78, 5) is 10.6. The number of benzene rings is 2. The zero-order chi connectivity index (χ0) is 19.1. The van der Waals surface area contributed by atoms with Crippen LogP contribution in [0.5, 0.6) is 17.2 Å². The summed E-state index contributed by atoms with van der Waals surface area (Å²) < 4.78 is 15.5. The first kappa shape index (κ1) is 19.0. The van der Waals surface area contributed by atoms with E-state index in [1.165, 1.54) is 13.2 Å². The average molecular weight is 359 g/mol. The normalized spacial score (nSPS) is 11.0. The number of nitrogens with one attached hydrogen (secondary N) is 1. The molecule has 0 fully saturated rings. The smallest absolute Gasteiger partial charge is 0.311 e. The Bertz CT molecular complexity index is 820. The van der Waals surface area contributed by atoms with Gasteiger partial charge in [0.05, 0.1) is 38.5 Å². The molecule has 0 heterocycles. The Kier molecular flexibility index (Phi) is 6.37. The third kappa shape index (κ3) is 4.41. The van der Waals surface area contributed by atoms with Crippen molar-refractivity contribution in [2.75, 3.05) is 21.3 Å². The zero-order valence-corrected chi connectivity index (χ0v) is 15.1. The average Bonchev–Trinajstić information content (AvgIpc) is 2.66. The van der Waals surface area contributed by atoms with Gasteiger partial charge in [0.1, 0.15) is 0 Å². The highest BCUT2D eigenvalue weighted by Gasteiger charge is 2.16. The molecule has 2 aromatic rings. The van der Waals surface area contributed by atoms with E-state index in [-0.39, 0.29) is 11.4 Å². The van der Waals surface area contributed by atoms with Gasteiger partial charge in [-0.1, -0.05) is 6.07 Å². The first-order valence-electron chi connectivity index (χ1n) is 7.81. The van der Waals surface area contributed by atoms with Gasteiger partial charge in [0, 0.05) is 11.6 Å². The van der Waals surface area contributed by atoms with Gasteiger partial charge >= 0.3 is 5.69 Å². The van der Waals surface area contributed by atoms with Crippen molar-refractivity contribution in [3.63, 3.8) is 0 Å². The quantitative estimate of drug-likeness (QED) is 0.442. The van der Waals surface area contributed by atoms with Gasteiger partial charge in [-0.3, -0.25) is 10.1 Å². The molecule has 0 saturated heterocycles. The summed E-state index contributed by atoms with van der Waals surface area (Å²) in [6, 6.07) is 10.3. The van der Waals surface area contributed by atoms with Gasteiger partial charge in [-0.15, -0.1) is 0 Å². The zero-order valence-electron chi connectivity index (χ0n) is 15.1. The van der Waals surface area contributed by atoms with Crippen LogP contribution in [0.15, 0.2) is 41.5 Å². The minimum absolute atomic E-state index is 0.0977. The number of methoxy groups -OCH3 is 3. The van der Waals surface area contributed by atoms with Gasteiger partial charge in [-0.05, 0) is 36.8 Å². The van der Waals surface area contributed by atoms with Crippen LogP contribution in [0.2, 0.25) is 0 Å². The number of hydrogen-bond donors (Lipinski definition) is 1. The van der Waals surface area contributed by atoms with Crippen LogP contribution in [0.4, 0.5) is 5.69 Å². The predicted molar refractivity (Wildman–Crippen MR) is 98.2 cm³/mol. The maximum atomic E-state index is 11.1. The van der Waals surface area contributed by atoms with Crippen LogP contribution in [-0.2, 0) is 6.54 Å². The molecule has 0 atom stereocenters. The fourth-order valence-electron chi connectivity index (χ4n) is 2.36. The van der Waals surface area contributed by atoms with Crippen molar-refractivity contribution < 1.29 is 19.1 Å². The standard InChI is InChI=1S/C18H21N3O5/c1-12(14-6-8-16(24-2)15(10-14)21(22)23)20-19-11-13-5-7-17(25-3)18(9-13)26-4/h5-10,19H,11H2,1-4H3/b20-12+. The lowest BCUT2D eigenvalue weighted by molar-refractivity contribution is -0.385. The number of hydrazone groups is 1. The summed E-state index contributed by atoms with van der Waals surface area (Å²) in [5.74, 6) is 1.50. The van der Waals surface area contributed by atoms with Gasteiger partial charge in [0.25, 0.3) is 0 Å². The van der Waals surface area contributed by atoms with E-state index in [1.54, 1.807) is 33.3 Å². The molecule has 26 heavy (non-hydrogen) atoms. The Morgan fingerprint density at radius 2 is 1.69 bits per heavy atom. The van der Waals surface area contributed by atoms with Gasteiger partial charge in [0.15, 0.2) is 17.2 Å². The first-order chi connectivity index (χ1) is 12.5. The molecule has 8 heteroatoms. The molecule has 0 aliphatic heterocycles. The fraction of sp³-hybridized carbons (Fsp3) is 0.278. The van der Waals surface area contributed by atoms with Crippen molar-refractivity contribution in [2.45, 2.75) is 13.5 Å². The monoisotopic (exact) mass is 359 g/mol. The maximum Gasteiger partial charge on any atom is 0.311 e. The number of ether oxygens (including phenoxy) is 3. The summed E-state index contributed by atoms with van der Waals surface area (Å²) in [6.07, 6.45) is 0. The second-order valence-electron chi connectivity index (χ2n) is 5.37. The van der Waals surface area contributed by atoms with Gasteiger partial charge < -0.3 is 19.6 Å². The lowest BCUT2D eigenvalue weighted by Crippen LogP contribution is -2.10. The summed E-state index contributed by atoms with van der Waals surface area (Å²) in [6.45, 7) is 2.24. The molecule has 0 saturated carbocycles. The third-order valence-electron chi connectivity index (χ3n) is 3.77. The third-order valence-corrected chi connectivity index (χ3v) is 3.77. The number of hydrogen-bond acceptors (Lipinski definition) is 7. The maximum absolute atomic E-state index is 11.1. The van der Waals surface area contributed by atoms with E-state index in [0.29, 0.717) is 29.3 Å². The van der Waals surface area contributed by atoms with Crippen LogP contribution in [0.1, 0.15) is 18.1 Å². The van der Waals surface area contributed by atoms with Crippen LogP contribution in [0, 0.1) is 10.1 Å². The molecule has 0 aliphatic carbocycles. The van der Waals surface area contributed by atoms with E-state index in [4.69, 9.17) is 14.2 Å². The van der Waals surface area contributed by atoms with E-state index in [0.717, 1.165) is 5.56 Å². The summed E-state index contributed by atoms with van der Waals surface area (Å²) >= 11 is 0. The summed E-state index contributed by atoms with van der Waals surface area (Å²) in [5, 5.41) is 15.4. The molecule has 0 amide bonds. The number of nitrogens with zero attached hydrogens (tertiary/aromatic N) is 2. The van der Waals surface area contributed by atoms with E-state index in [2.05, 4.69) is 10.5 Å². The Labute approximate surface area is 151 Å². The van der Waals surface area contributed by atoms with Crippen molar-refractivity contribution in [1.29, 1.82) is 0 Å². The lowest BCUT2D eigenvalue weighted by Gasteiger charge is -2.10. The fourth-order valence-corrected chi connectivity index (χ4v) is 2.36. The van der Waals surface area contributed by atoms with Crippen LogP contribution in [0.25, 0.3) is 0 Å². The van der Waals surface area contributed by atoms with Crippen molar-refractivity contribution in [2.24, 2.45) is 5.10 Å². The summed E-state index contributed by atoms with van der Waals surface area (Å²) in [7, 11) is 4.55. The van der Waals surface area contributed by atoms with Crippen molar-refractivity contribution >= 4 is 11.4 Å². The predicted octanol–water partition coefficient (Wildman–Crippen LogP) is 3.13. The minimum atomic E-state index is -0.479. The highest BCUT2D eigenvalue weighted by atomic mass is 16.6. The van der Waals surface area contributed by atoms with Crippen LogP contribution < -0.4 is 19.6 Å². The van der Waals surface area contributed by atoms with E-state index in [9.17, 15) is 10.1 Å². The SMILES string of the molecule is COc1ccc(CN/N=C(\C)c2ccc(OC)c([N+](=O)[O-])c2)cc1OC. The molecular formula is C18H21N3O5. The molecule has 0 bridgehead atoms. The van der Waals surface area contributed by atoms with Gasteiger partial charge in [0.2, 0.25) is 0 Å². The van der Waals surface area contributed by atoms with Crippen molar-refractivity contribution in [1.82, 2.24) is 5.43 Å². The van der Waals surface area contributed by atoms with Crippen LogP contribution in [-0.4, -0.2) is 32.0 Å². The highest BCUT2D eigenvalue weighted by Crippen LogP contribution is 2.28. The molecule has 0 unspecified atom stereocenters. The van der Waals surface area contributed by atoms with Crippen molar-refractivity contribution in [3.8, 4) is 17.2 Å².